The Hall–Kier alpha value is -4.12. The Morgan fingerprint density at radius 1 is 1.10 bits per heavy atom. The summed E-state index contributed by atoms with van der Waals surface area (Å²) in [4.78, 5) is 78.4. The lowest BCUT2D eigenvalue weighted by Crippen LogP contribution is -2.60. The molecule has 0 aliphatic carbocycles. The molecule has 0 radical (unpaired) electrons. The van der Waals surface area contributed by atoms with Gasteiger partial charge in [-0.05, 0) is 61.4 Å². The molecule has 0 spiro atoms. The number of nitrogens with zero attached hydrogens (tertiary/aromatic N) is 2. The molecule has 2 aromatic carbocycles. The molecule has 4 atom stereocenters. The molecule has 2 aliphatic heterocycles. The quantitative estimate of drug-likeness (QED) is 0.123. The van der Waals surface area contributed by atoms with E-state index in [-0.39, 0.29) is 35.7 Å². The van der Waals surface area contributed by atoms with Gasteiger partial charge in [0, 0.05) is 35.5 Å². The van der Waals surface area contributed by atoms with Crippen LogP contribution in [0.2, 0.25) is 0 Å². The summed E-state index contributed by atoms with van der Waals surface area (Å²) in [5, 5.41) is 9.68. The smallest absolute Gasteiger partial charge is 0.370 e. The molecule has 0 bridgehead atoms. The third-order valence-electron chi connectivity index (χ3n) is 8.99. The maximum absolute atomic E-state index is 14.3. The first-order valence-corrected chi connectivity index (χ1v) is 19.4. The summed E-state index contributed by atoms with van der Waals surface area (Å²) in [6, 6.07) is 11.2. The van der Waals surface area contributed by atoms with Crippen molar-refractivity contribution in [2.45, 2.75) is 61.9 Å². The molecule has 2 saturated heterocycles. The zero-order valence-corrected chi connectivity index (χ0v) is 29.5. The Morgan fingerprint density at radius 2 is 1.86 bits per heavy atom. The lowest BCUT2D eigenvalue weighted by atomic mass is 10.1. The first-order valence-electron chi connectivity index (χ1n) is 16.1. The van der Waals surface area contributed by atoms with Crippen LogP contribution in [0.5, 0.6) is 0 Å². The van der Waals surface area contributed by atoms with E-state index < -0.39 is 60.6 Å². The van der Waals surface area contributed by atoms with Gasteiger partial charge >= 0.3 is 13.3 Å². The molecule has 51 heavy (non-hydrogen) atoms. The van der Waals surface area contributed by atoms with E-state index in [2.05, 4.69) is 20.9 Å². The fourth-order valence-corrected chi connectivity index (χ4v) is 8.82. The fourth-order valence-electron chi connectivity index (χ4n) is 6.39. The van der Waals surface area contributed by atoms with E-state index in [9.17, 15) is 32.5 Å². The normalized spacial score (nSPS) is 20.4. The third-order valence-corrected chi connectivity index (χ3v) is 12.3. The second kappa shape index (κ2) is 14.9. The first-order chi connectivity index (χ1) is 24.2. The highest BCUT2D eigenvalue weighted by Gasteiger charge is 2.50. The highest BCUT2D eigenvalue weighted by atomic mass is 32.1. The van der Waals surface area contributed by atoms with Gasteiger partial charge in [-0.15, -0.1) is 22.7 Å². The SMILES string of the molecule is NC(=O)CC[C@H](NC(=O)[C@@H]1CC[C@@H]2CCNC[C@H](NC(=O)c3cc4cc(C(F)(F)P(=O)(O)O)ccc4s3)C(=O)N21)c1ncc(-c2ccccc2)s1. The van der Waals surface area contributed by atoms with Crippen LogP contribution >= 0.6 is 30.3 Å². The van der Waals surface area contributed by atoms with Crippen LogP contribution in [0, 0.1) is 0 Å². The number of carbonyl (C=O) groups excluding carboxylic acids is 4. The van der Waals surface area contributed by atoms with Crippen LogP contribution in [0.4, 0.5) is 8.78 Å². The minimum absolute atomic E-state index is 0.00600. The standard InChI is InChI=1S/C33H35F2N6O7PS2/c34-33(35,49(46,47)48)20-6-10-25-19(14-20)15-26(50-25)30(44)40-23-16-37-13-12-21-7-9-24(41(21)32(23)45)29(43)39-22(8-11-28(36)42)31-38-17-27(51-31)18-4-2-1-3-5-18/h1-6,10,14-15,17,21-24,37H,7-9,11-13,16H2,(H2,36,42)(H,39,43)(H,40,44)(H2,46,47,48)/t21-,22+,23+,24+/m1/s1. The molecule has 2 aliphatic rings. The lowest BCUT2D eigenvalue weighted by molar-refractivity contribution is -0.142. The van der Waals surface area contributed by atoms with Crippen LogP contribution in [0.15, 0.2) is 60.8 Å². The maximum Gasteiger partial charge on any atom is 0.399 e. The number of fused-ring (bicyclic) bond motifs is 2. The van der Waals surface area contributed by atoms with Crippen molar-refractivity contribution in [1.29, 1.82) is 0 Å². The number of alkyl halides is 2. The van der Waals surface area contributed by atoms with Crippen LogP contribution in [0.25, 0.3) is 20.5 Å². The fraction of sp³-hybridized carbons (Fsp3) is 0.364. The summed E-state index contributed by atoms with van der Waals surface area (Å²) in [5.41, 5.74) is 1.10. The molecule has 4 heterocycles. The molecule has 2 aromatic heterocycles. The summed E-state index contributed by atoms with van der Waals surface area (Å²) in [6.45, 7) is 0.603. The molecule has 6 rings (SSSR count). The van der Waals surface area contributed by atoms with Gasteiger partial charge in [0.2, 0.25) is 17.7 Å². The van der Waals surface area contributed by atoms with E-state index >= 15 is 0 Å². The first kappa shape index (κ1) is 36.7. The molecule has 4 amide bonds. The molecular formula is C33H35F2N6O7PS2. The number of halogens is 2. The highest BCUT2D eigenvalue weighted by Crippen LogP contribution is 2.59. The number of amides is 4. The molecule has 4 aromatic rings. The topological polar surface area (TPSA) is 204 Å². The molecule has 18 heteroatoms. The van der Waals surface area contributed by atoms with Gasteiger partial charge in [0.1, 0.15) is 17.1 Å². The maximum atomic E-state index is 14.3. The average molecular weight is 761 g/mol. The second-order valence-electron chi connectivity index (χ2n) is 12.5. The van der Waals surface area contributed by atoms with Crippen molar-refractivity contribution >= 4 is 64.0 Å². The number of rotatable bonds is 11. The number of nitrogens with two attached hydrogens (primary N) is 1. The predicted molar refractivity (Wildman–Crippen MR) is 187 cm³/mol. The summed E-state index contributed by atoms with van der Waals surface area (Å²) in [6.07, 6.45) is 3.46. The molecule has 270 valence electrons. The number of nitrogens with one attached hydrogen (secondary N) is 3. The van der Waals surface area contributed by atoms with Gasteiger partial charge in [-0.25, -0.2) is 4.98 Å². The van der Waals surface area contributed by atoms with Crippen molar-refractivity contribution in [3.05, 3.63) is 76.2 Å². The number of hydrogen-bond acceptors (Lipinski definition) is 9. The third kappa shape index (κ3) is 7.88. The molecule has 0 unspecified atom stereocenters. The summed E-state index contributed by atoms with van der Waals surface area (Å²) in [7, 11) is -5.79. The van der Waals surface area contributed by atoms with Gasteiger partial charge in [-0.1, -0.05) is 36.4 Å². The molecule has 13 nitrogen and oxygen atoms in total. The number of hydrogen-bond donors (Lipinski definition) is 6. The minimum Gasteiger partial charge on any atom is -0.370 e. The number of primary amides is 1. The summed E-state index contributed by atoms with van der Waals surface area (Å²) >= 11 is 2.35. The van der Waals surface area contributed by atoms with Gasteiger partial charge in [0.15, 0.2) is 0 Å². The van der Waals surface area contributed by atoms with Crippen molar-refractivity contribution in [2.75, 3.05) is 13.1 Å². The lowest BCUT2D eigenvalue weighted by Gasteiger charge is -2.35. The number of aromatic nitrogens is 1. The van der Waals surface area contributed by atoms with E-state index in [1.165, 1.54) is 28.4 Å². The van der Waals surface area contributed by atoms with Crippen molar-refractivity contribution in [1.82, 2.24) is 25.8 Å². The van der Waals surface area contributed by atoms with Crippen LogP contribution in [0.1, 0.15) is 58.4 Å². The molecule has 7 N–H and O–H groups in total. The van der Waals surface area contributed by atoms with Crippen LogP contribution < -0.4 is 21.7 Å². The number of thiophene rings is 1. The zero-order valence-electron chi connectivity index (χ0n) is 27.0. The van der Waals surface area contributed by atoms with Crippen molar-refractivity contribution in [3.8, 4) is 10.4 Å². The van der Waals surface area contributed by atoms with Crippen LogP contribution in [0.3, 0.4) is 0 Å². The number of carbonyl (C=O) groups is 4. The molecule has 2 fully saturated rings. The van der Waals surface area contributed by atoms with Crippen molar-refractivity contribution in [2.24, 2.45) is 5.73 Å². The Balaban J connectivity index is 1.19. The second-order valence-corrected chi connectivity index (χ2v) is 16.3. The Labute approximate surface area is 298 Å². The average Bonchev–Trinajstić information content (AvgIpc) is 3.85. The van der Waals surface area contributed by atoms with E-state index in [4.69, 9.17) is 15.5 Å². The van der Waals surface area contributed by atoms with E-state index in [0.29, 0.717) is 35.5 Å². The van der Waals surface area contributed by atoms with Gasteiger partial charge in [-0.2, -0.15) is 8.78 Å². The van der Waals surface area contributed by atoms with Gasteiger partial charge in [-0.3, -0.25) is 23.7 Å². The Morgan fingerprint density at radius 3 is 2.59 bits per heavy atom. The summed E-state index contributed by atoms with van der Waals surface area (Å²) in [5.74, 6) is -2.06. The summed E-state index contributed by atoms with van der Waals surface area (Å²) < 4.78 is 40.5. The zero-order chi connectivity index (χ0) is 36.5. The van der Waals surface area contributed by atoms with Crippen molar-refractivity contribution in [3.63, 3.8) is 0 Å². The monoisotopic (exact) mass is 760 g/mol. The van der Waals surface area contributed by atoms with E-state index in [1.807, 2.05) is 30.3 Å². The van der Waals surface area contributed by atoms with Crippen LogP contribution in [-0.4, -0.2) is 74.5 Å². The molecule has 0 saturated carbocycles. The minimum atomic E-state index is -5.79. The molecular weight excluding hydrogens is 726 g/mol. The number of thiazole rings is 1. The van der Waals surface area contributed by atoms with E-state index in [0.717, 1.165) is 33.9 Å². The largest absolute Gasteiger partial charge is 0.399 e. The Bertz CT molecular complexity index is 2000. The van der Waals surface area contributed by atoms with Crippen LogP contribution in [-0.2, 0) is 24.6 Å². The van der Waals surface area contributed by atoms with Gasteiger partial charge in [0.25, 0.3) is 5.91 Å². The van der Waals surface area contributed by atoms with Gasteiger partial charge < -0.3 is 36.4 Å². The van der Waals surface area contributed by atoms with Crippen molar-refractivity contribution < 1.29 is 42.3 Å². The predicted octanol–water partition coefficient (Wildman–Crippen LogP) is 3.83. The highest BCUT2D eigenvalue weighted by molar-refractivity contribution is 7.52. The van der Waals surface area contributed by atoms with Gasteiger partial charge in [0.05, 0.1) is 15.8 Å². The number of benzene rings is 2. The Kier molecular flexibility index (Phi) is 10.7. The van der Waals surface area contributed by atoms with E-state index in [1.54, 1.807) is 6.20 Å².